The standard InChI is InChI=1S/C18H22O/c19-17(15-9-3-1-4-10-15)18(13-7-8-14-18)16-11-5-2-6-12-16/h2,5-6,9,11-12H,1,3-4,7-8,10,13-14H2. The van der Waals surface area contributed by atoms with Crippen molar-refractivity contribution in [2.24, 2.45) is 0 Å². The van der Waals surface area contributed by atoms with Crippen LogP contribution in [0.2, 0.25) is 0 Å². The van der Waals surface area contributed by atoms with Gasteiger partial charge in [-0.2, -0.15) is 0 Å². The van der Waals surface area contributed by atoms with Gasteiger partial charge < -0.3 is 0 Å². The Labute approximate surface area is 115 Å². The summed E-state index contributed by atoms with van der Waals surface area (Å²) in [6.45, 7) is 0. The second kappa shape index (κ2) is 5.32. The lowest BCUT2D eigenvalue weighted by Gasteiger charge is -2.30. The average Bonchev–Trinajstić information content (AvgIpc) is 2.99. The van der Waals surface area contributed by atoms with Crippen molar-refractivity contribution in [3.63, 3.8) is 0 Å². The molecular formula is C18H22O. The summed E-state index contributed by atoms with van der Waals surface area (Å²) in [5.74, 6) is 0.427. The summed E-state index contributed by atoms with van der Waals surface area (Å²) >= 11 is 0. The van der Waals surface area contributed by atoms with Crippen LogP contribution in [0.1, 0.15) is 56.9 Å². The summed E-state index contributed by atoms with van der Waals surface area (Å²) in [5, 5.41) is 0. The average molecular weight is 254 g/mol. The molecule has 19 heavy (non-hydrogen) atoms. The molecule has 2 aliphatic rings. The van der Waals surface area contributed by atoms with Crippen LogP contribution in [0, 0.1) is 0 Å². The summed E-state index contributed by atoms with van der Waals surface area (Å²) in [7, 11) is 0. The first-order valence-corrected chi connectivity index (χ1v) is 7.62. The molecule has 1 fully saturated rings. The summed E-state index contributed by atoms with van der Waals surface area (Å²) in [4.78, 5) is 13.1. The van der Waals surface area contributed by atoms with Gasteiger partial charge in [0.1, 0.15) is 0 Å². The van der Waals surface area contributed by atoms with E-state index in [1.54, 1.807) is 0 Å². The minimum Gasteiger partial charge on any atom is -0.294 e. The molecule has 0 spiro atoms. The van der Waals surface area contributed by atoms with Crippen molar-refractivity contribution in [3.05, 3.63) is 47.5 Å². The van der Waals surface area contributed by atoms with Crippen molar-refractivity contribution in [2.45, 2.75) is 56.8 Å². The summed E-state index contributed by atoms with van der Waals surface area (Å²) < 4.78 is 0. The Kier molecular flexibility index (Phi) is 3.54. The van der Waals surface area contributed by atoms with Crippen LogP contribution < -0.4 is 0 Å². The maximum atomic E-state index is 13.1. The van der Waals surface area contributed by atoms with Crippen LogP contribution >= 0.6 is 0 Å². The number of ketones is 1. The Balaban J connectivity index is 1.97. The van der Waals surface area contributed by atoms with Gasteiger partial charge in [-0.1, -0.05) is 49.2 Å². The third-order valence-electron chi connectivity index (χ3n) is 4.80. The molecule has 0 bridgehead atoms. The highest BCUT2D eigenvalue weighted by Gasteiger charge is 2.43. The Morgan fingerprint density at radius 2 is 1.68 bits per heavy atom. The predicted molar refractivity (Wildman–Crippen MR) is 78.1 cm³/mol. The third kappa shape index (κ3) is 2.27. The Bertz CT molecular complexity index is 478. The van der Waals surface area contributed by atoms with Crippen molar-refractivity contribution < 1.29 is 4.79 Å². The van der Waals surface area contributed by atoms with Gasteiger partial charge in [0.25, 0.3) is 0 Å². The second-order valence-electron chi connectivity index (χ2n) is 5.96. The van der Waals surface area contributed by atoms with Crippen LogP contribution in [0.25, 0.3) is 0 Å². The fourth-order valence-corrected chi connectivity index (χ4v) is 3.73. The molecule has 0 radical (unpaired) electrons. The Hall–Kier alpha value is -1.37. The van der Waals surface area contributed by atoms with Gasteiger partial charge in [-0.15, -0.1) is 0 Å². The lowest BCUT2D eigenvalue weighted by molar-refractivity contribution is -0.121. The summed E-state index contributed by atoms with van der Waals surface area (Å²) in [6.07, 6.45) is 11.2. The van der Waals surface area contributed by atoms with Gasteiger partial charge in [0, 0.05) is 0 Å². The van der Waals surface area contributed by atoms with Gasteiger partial charge in [0.05, 0.1) is 5.41 Å². The maximum Gasteiger partial charge on any atom is 0.169 e. The zero-order chi connectivity index (χ0) is 13.1. The van der Waals surface area contributed by atoms with E-state index in [4.69, 9.17) is 0 Å². The smallest absolute Gasteiger partial charge is 0.169 e. The molecule has 1 saturated carbocycles. The molecule has 0 N–H and O–H groups in total. The largest absolute Gasteiger partial charge is 0.294 e. The first kappa shape index (κ1) is 12.7. The van der Waals surface area contributed by atoms with E-state index >= 15 is 0 Å². The second-order valence-corrected chi connectivity index (χ2v) is 5.96. The fourth-order valence-electron chi connectivity index (χ4n) is 3.73. The van der Waals surface area contributed by atoms with E-state index in [2.05, 4.69) is 30.3 Å². The Morgan fingerprint density at radius 3 is 2.32 bits per heavy atom. The van der Waals surface area contributed by atoms with E-state index in [0.29, 0.717) is 5.78 Å². The molecule has 0 amide bonds. The zero-order valence-corrected chi connectivity index (χ0v) is 11.5. The molecule has 0 aromatic heterocycles. The van der Waals surface area contributed by atoms with Crippen LogP contribution in [-0.4, -0.2) is 5.78 Å². The highest BCUT2D eigenvalue weighted by atomic mass is 16.1. The molecule has 1 nitrogen and oxygen atoms in total. The van der Waals surface area contributed by atoms with Gasteiger partial charge in [0.15, 0.2) is 5.78 Å². The van der Waals surface area contributed by atoms with E-state index in [9.17, 15) is 4.79 Å². The molecule has 1 aromatic carbocycles. The molecule has 0 unspecified atom stereocenters. The first-order valence-electron chi connectivity index (χ1n) is 7.62. The van der Waals surface area contributed by atoms with Crippen molar-refractivity contribution in [1.82, 2.24) is 0 Å². The number of carbonyl (C=O) groups is 1. The third-order valence-corrected chi connectivity index (χ3v) is 4.80. The molecule has 100 valence electrons. The van der Waals surface area contributed by atoms with Crippen molar-refractivity contribution in [1.29, 1.82) is 0 Å². The van der Waals surface area contributed by atoms with Gasteiger partial charge in [0.2, 0.25) is 0 Å². The van der Waals surface area contributed by atoms with E-state index < -0.39 is 0 Å². The molecule has 3 rings (SSSR count). The van der Waals surface area contributed by atoms with E-state index in [1.807, 2.05) is 6.07 Å². The number of carbonyl (C=O) groups excluding carboxylic acids is 1. The van der Waals surface area contributed by atoms with Crippen molar-refractivity contribution in [3.8, 4) is 0 Å². The molecule has 0 atom stereocenters. The SMILES string of the molecule is O=C(C1=CCCCC1)C1(c2ccccc2)CCCC1. The Morgan fingerprint density at radius 1 is 0.947 bits per heavy atom. The normalized spacial score (nSPS) is 22.0. The van der Waals surface area contributed by atoms with Gasteiger partial charge in [-0.05, 0) is 49.7 Å². The number of benzene rings is 1. The fraction of sp³-hybridized carbons (Fsp3) is 0.500. The van der Waals surface area contributed by atoms with Crippen LogP contribution in [0.5, 0.6) is 0 Å². The van der Waals surface area contributed by atoms with Crippen LogP contribution in [-0.2, 0) is 10.2 Å². The molecule has 2 aliphatic carbocycles. The molecule has 1 aromatic rings. The molecular weight excluding hydrogens is 232 g/mol. The van der Waals surface area contributed by atoms with Gasteiger partial charge in [-0.25, -0.2) is 0 Å². The number of hydrogen-bond acceptors (Lipinski definition) is 1. The minimum atomic E-state index is -0.204. The van der Waals surface area contributed by atoms with E-state index in [1.165, 1.54) is 31.2 Å². The first-order chi connectivity index (χ1) is 9.33. The highest BCUT2D eigenvalue weighted by Crippen LogP contribution is 2.44. The van der Waals surface area contributed by atoms with Gasteiger partial charge >= 0.3 is 0 Å². The molecule has 0 heterocycles. The monoisotopic (exact) mass is 254 g/mol. The lowest BCUT2D eigenvalue weighted by atomic mass is 9.71. The van der Waals surface area contributed by atoms with Crippen molar-refractivity contribution in [2.75, 3.05) is 0 Å². The lowest BCUT2D eigenvalue weighted by Crippen LogP contribution is -2.34. The van der Waals surface area contributed by atoms with Crippen molar-refractivity contribution >= 4 is 5.78 Å². The van der Waals surface area contributed by atoms with E-state index in [0.717, 1.165) is 31.3 Å². The number of hydrogen-bond donors (Lipinski definition) is 0. The van der Waals surface area contributed by atoms with Crippen LogP contribution in [0.4, 0.5) is 0 Å². The summed E-state index contributed by atoms with van der Waals surface area (Å²) in [5.41, 5.74) is 2.14. The molecule has 0 aliphatic heterocycles. The minimum absolute atomic E-state index is 0.204. The van der Waals surface area contributed by atoms with Crippen LogP contribution in [0.15, 0.2) is 42.0 Å². The summed E-state index contributed by atoms with van der Waals surface area (Å²) in [6, 6.07) is 10.5. The topological polar surface area (TPSA) is 17.1 Å². The maximum absolute atomic E-state index is 13.1. The molecule has 1 heteroatoms. The molecule has 0 saturated heterocycles. The number of rotatable bonds is 3. The quantitative estimate of drug-likeness (QED) is 0.772. The number of allylic oxidation sites excluding steroid dienone is 2. The zero-order valence-electron chi connectivity index (χ0n) is 11.5. The highest BCUT2D eigenvalue weighted by molar-refractivity contribution is 6.03. The van der Waals surface area contributed by atoms with Gasteiger partial charge in [-0.3, -0.25) is 4.79 Å². The number of Topliss-reactive ketones (excluding diaryl/α,β-unsaturated/α-hetero) is 1. The van der Waals surface area contributed by atoms with E-state index in [-0.39, 0.29) is 5.41 Å². The van der Waals surface area contributed by atoms with Crippen LogP contribution in [0.3, 0.4) is 0 Å². The predicted octanol–water partition coefficient (Wildman–Crippen LogP) is 4.57.